The molecular weight excluding hydrogens is 436 g/mol. The van der Waals surface area contributed by atoms with Crippen molar-refractivity contribution in [3.8, 4) is 17.0 Å². The normalized spacial score (nSPS) is 14.4. The Kier molecular flexibility index (Phi) is 5.03. The number of nitrogens with zero attached hydrogens (tertiary/aromatic N) is 4. The maximum absolute atomic E-state index is 11.2. The van der Waals surface area contributed by atoms with Gasteiger partial charge in [-0.25, -0.2) is 9.78 Å². The zero-order chi connectivity index (χ0) is 21.5. The fraction of sp³-hybridized carbons (Fsp3) is 0.227. The van der Waals surface area contributed by atoms with Crippen LogP contribution in [0.2, 0.25) is 5.02 Å². The van der Waals surface area contributed by atoms with E-state index in [0.717, 1.165) is 32.5 Å². The van der Waals surface area contributed by atoms with Gasteiger partial charge in [-0.2, -0.15) is 4.37 Å². The summed E-state index contributed by atoms with van der Waals surface area (Å²) in [6.45, 7) is 2.15. The first-order valence-corrected chi connectivity index (χ1v) is 11.0. The van der Waals surface area contributed by atoms with Gasteiger partial charge in [-0.1, -0.05) is 35.9 Å². The molecule has 0 radical (unpaired) electrons. The summed E-state index contributed by atoms with van der Waals surface area (Å²) in [4.78, 5) is 19.6. The van der Waals surface area contributed by atoms with Gasteiger partial charge in [-0.3, -0.25) is 0 Å². The lowest BCUT2D eigenvalue weighted by Crippen LogP contribution is -2.48. The Morgan fingerprint density at radius 1 is 1.13 bits per heavy atom. The van der Waals surface area contributed by atoms with Gasteiger partial charge in [0.15, 0.2) is 5.65 Å². The summed E-state index contributed by atoms with van der Waals surface area (Å²) >= 11 is 8.10. The number of carbonyl (C=O) groups is 1. The molecule has 3 heterocycles. The average molecular weight is 455 g/mol. The van der Waals surface area contributed by atoms with Crippen LogP contribution in [0, 0.1) is 0 Å². The van der Waals surface area contributed by atoms with Crippen molar-refractivity contribution in [1.29, 1.82) is 0 Å². The maximum atomic E-state index is 11.2. The number of hydrogen-bond donors (Lipinski definition) is 1. The van der Waals surface area contributed by atoms with Crippen LogP contribution < -0.4 is 9.64 Å². The number of fused-ring (bicyclic) bond motifs is 2. The second kappa shape index (κ2) is 7.86. The van der Waals surface area contributed by atoms with Crippen LogP contribution in [0.25, 0.3) is 33.1 Å². The molecular formula is C22H19ClN4O3S. The monoisotopic (exact) mass is 454 g/mol. The molecule has 9 heteroatoms. The quantitative estimate of drug-likeness (QED) is 0.470. The summed E-state index contributed by atoms with van der Waals surface area (Å²) in [5.74, 6) is 0.738. The van der Waals surface area contributed by atoms with Crippen LogP contribution in [0.3, 0.4) is 0 Å². The van der Waals surface area contributed by atoms with E-state index in [4.69, 9.17) is 21.3 Å². The predicted molar refractivity (Wildman–Crippen MR) is 124 cm³/mol. The van der Waals surface area contributed by atoms with Crippen LogP contribution in [-0.2, 0) is 0 Å². The summed E-state index contributed by atoms with van der Waals surface area (Å²) in [6.07, 6.45) is -0.881. The first kappa shape index (κ1) is 19.8. The van der Waals surface area contributed by atoms with Crippen molar-refractivity contribution >= 4 is 56.0 Å². The molecule has 7 nitrogen and oxygen atoms in total. The molecule has 1 amide bonds. The number of amides is 1. The Bertz CT molecular complexity index is 1300. The topological polar surface area (TPSA) is 78.8 Å². The molecule has 158 valence electrons. The van der Waals surface area contributed by atoms with Crippen LogP contribution in [0.4, 0.5) is 9.80 Å². The number of benzene rings is 2. The first-order chi connectivity index (χ1) is 15.0. The number of pyridine rings is 1. The van der Waals surface area contributed by atoms with E-state index in [0.29, 0.717) is 42.5 Å². The van der Waals surface area contributed by atoms with E-state index < -0.39 is 6.09 Å². The van der Waals surface area contributed by atoms with E-state index in [-0.39, 0.29) is 0 Å². The third-order valence-corrected chi connectivity index (χ3v) is 6.77. The van der Waals surface area contributed by atoms with E-state index in [2.05, 4.69) is 9.27 Å². The standard InChI is InChI=1S/C22H19ClN4O3S/c1-30-14-10-13-4-2-3-5-15(13)16(11-14)19-18(23)12-17-20(24-19)25-31-21(17)26-6-8-27(9-7-26)22(28)29/h2-5,10-12H,6-9H2,1H3,(H,28,29). The third kappa shape index (κ3) is 3.51. The van der Waals surface area contributed by atoms with Gasteiger partial charge in [-0.15, -0.1) is 0 Å². The smallest absolute Gasteiger partial charge is 0.407 e. The number of aromatic nitrogens is 2. The third-order valence-electron chi connectivity index (χ3n) is 5.57. The molecule has 1 N–H and O–H groups in total. The van der Waals surface area contributed by atoms with Crippen LogP contribution >= 0.6 is 23.1 Å². The zero-order valence-electron chi connectivity index (χ0n) is 16.7. The Labute approximate surface area is 187 Å². The predicted octanol–water partition coefficient (Wildman–Crippen LogP) is 4.97. The highest BCUT2D eigenvalue weighted by molar-refractivity contribution is 7.11. The lowest BCUT2D eigenvalue weighted by molar-refractivity contribution is 0.142. The number of anilines is 1. The Morgan fingerprint density at radius 3 is 2.65 bits per heavy atom. The van der Waals surface area contributed by atoms with Gasteiger partial charge in [0, 0.05) is 31.7 Å². The molecule has 0 aliphatic carbocycles. The van der Waals surface area contributed by atoms with E-state index in [1.807, 2.05) is 42.5 Å². The molecule has 1 aliphatic heterocycles. The molecule has 1 fully saturated rings. The van der Waals surface area contributed by atoms with Gasteiger partial charge in [0.2, 0.25) is 0 Å². The molecule has 0 unspecified atom stereocenters. The molecule has 4 aromatic rings. The van der Waals surface area contributed by atoms with Gasteiger partial charge in [0.25, 0.3) is 0 Å². The lowest BCUT2D eigenvalue weighted by Gasteiger charge is -2.33. The number of hydrogen-bond acceptors (Lipinski definition) is 6. The van der Waals surface area contributed by atoms with Crippen molar-refractivity contribution in [1.82, 2.24) is 14.3 Å². The number of carboxylic acid groups (broad SMARTS) is 1. The lowest BCUT2D eigenvalue weighted by atomic mass is 10.0. The fourth-order valence-electron chi connectivity index (χ4n) is 3.96. The van der Waals surface area contributed by atoms with Gasteiger partial charge >= 0.3 is 6.09 Å². The number of piperazine rings is 1. The molecule has 0 atom stereocenters. The maximum Gasteiger partial charge on any atom is 0.407 e. The van der Waals surface area contributed by atoms with Crippen LogP contribution in [0.5, 0.6) is 5.75 Å². The van der Waals surface area contributed by atoms with Crippen LogP contribution in [0.15, 0.2) is 42.5 Å². The second-order valence-corrected chi connectivity index (χ2v) is 8.49. The molecule has 31 heavy (non-hydrogen) atoms. The Morgan fingerprint density at radius 2 is 1.90 bits per heavy atom. The molecule has 5 rings (SSSR count). The summed E-state index contributed by atoms with van der Waals surface area (Å²) in [5.41, 5.74) is 2.19. The Balaban J connectivity index is 1.57. The van der Waals surface area contributed by atoms with Gasteiger partial charge in [0.05, 0.1) is 23.2 Å². The van der Waals surface area contributed by atoms with Crippen molar-refractivity contribution in [2.45, 2.75) is 0 Å². The highest BCUT2D eigenvalue weighted by Gasteiger charge is 2.24. The van der Waals surface area contributed by atoms with E-state index in [1.165, 1.54) is 16.4 Å². The molecule has 2 aromatic carbocycles. The number of rotatable bonds is 3. The Hall–Kier alpha value is -3.10. The largest absolute Gasteiger partial charge is 0.497 e. The molecule has 1 saturated heterocycles. The SMILES string of the molecule is COc1cc(-c2nc3nsc(N4CCN(C(=O)O)CC4)c3cc2Cl)c2ccccc2c1. The van der Waals surface area contributed by atoms with Crippen molar-refractivity contribution in [2.75, 3.05) is 38.2 Å². The zero-order valence-corrected chi connectivity index (χ0v) is 18.3. The van der Waals surface area contributed by atoms with E-state index in [9.17, 15) is 9.90 Å². The van der Waals surface area contributed by atoms with Crippen molar-refractivity contribution < 1.29 is 14.6 Å². The fourth-order valence-corrected chi connectivity index (χ4v) is 5.07. The number of ether oxygens (including phenoxy) is 1. The minimum atomic E-state index is -0.881. The molecule has 0 spiro atoms. The van der Waals surface area contributed by atoms with Crippen molar-refractivity contribution in [3.05, 3.63) is 47.5 Å². The summed E-state index contributed by atoms with van der Waals surface area (Å²) < 4.78 is 10.1. The van der Waals surface area contributed by atoms with E-state index >= 15 is 0 Å². The summed E-state index contributed by atoms with van der Waals surface area (Å²) in [7, 11) is 1.64. The first-order valence-electron chi connectivity index (χ1n) is 9.81. The number of methoxy groups -OCH3 is 1. The van der Waals surface area contributed by atoms with Gasteiger partial charge in [0.1, 0.15) is 10.8 Å². The van der Waals surface area contributed by atoms with Gasteiger partial charge < -0.3 is 19.6 Å². The summed E-state index contributed by atoms with van der Waals surface area (Å²) in [6, 6.07) is 13.9. The molecule has 0 bridgehead atoms. The summed E-state index contributed by atoms with van der Waals surface area (Å²) in [5, 5.41) is 13.7. The van der Waals surface area contributed by atoms with Crippen LogP contribution in [0.1, 0.15) is 0 Å². The molecule has 2 aromatic heterocycles. The number of halogens is 1. The highest BCUT2D eigenvalue weighted by Crippen LogP contribution is 2.39. The second-order valence-electron chi connectivity index (χ2n) is 7.33. The van der Waals surface area contributed by atoms with Gasteiger partial charge in [-0.05, 0) is 40.5 Å². The van der Waals surface area contributed by atoms with Crippen molar-refractivity contribution in [3.63, 3.8) is 0 Å². The van der Waals surface area contributed by atoms with E-state index in [1.54, 1.807) is 7.11 Å². The minimum absolute atomic E-state index is 0.462. The van der Waals surface area contributed by atoms with Crippen LogP contribution in [-0.4, -0.2) is 58.7 Å². The average Bonchev–Trinajstić information content (AvgIpc) is 3.20. The minimum Gasteiger partial charge on any atom is -0.497 e. The highest BCUT2D eigenvalue weighted by atomic mass is 35.5. The van der Waals surface area contributed by atoms with Crippen molar-refractivity contribution in [2.24, 2.45) is 0 Å². The molecule has 1 aliphatic rings. The molecule has 0 saturated carbocycles.